The zero-order chi connectivity index (χ0) is 18.2. The fourth-order valence-corrected chi connectivity index (χ4v) is 5.37. The van der Waals surface area contributed by atoms with E-state index in [1.54, 1.807) is 0 Å². The minimum Gasteiger partial charge on any atom is -0.261 e. The molecule has 26 heavy (non-hydrogen) atoms. The lowest BCUT2D eigenvalue weighted by molar-refractivity contribution is 0.211. The maximum Gasteiger partial charge on any atom is 0.0403 e. The van der Waals surface area contributed by atoms with Crippen LogP contribution < -0.4 is 0 Å². The first kappa shape index (κ1) is 19.9. The van der Waals surface area contributed by atoms with E-state index in [-0.39, 0.29) is 0 Å². The summed E-state index contributed by atoms with van der Waals surface area (Å²) in [6, 6.07) is 4.50. The third kappa shape index (κ3) is 6.10. The van der Waals surface area contributed by atoms with Gasteiger partial charge in [-0.2, -0.15) is 0 Å². The van der Waals surface area contributed by atoms with E-state index in [0.29, 0.717) is 0 Å². The van der Waals surface area contributed by atoms with Gasteiger partial charge < -0.3 is 0 Å². The molecule has 146 valence electrons. The summed E-state index contributed by atoms with van der Waals surface area (Å²) in [4.78, 5) is 4.64. The summed E-state index contributed by atoms with van der Waals surface area (Å²) < 4.78 is 0. The number of hydrogen-bond donors (Lipinski definition) is 0. The van der Waals surface area contributed by atoms with Gasteiger partial charge in [-0.05, 0) is 54.6 Å². The molecular weight excluding hydrogens is 314 g/mol. The van der Waals surface area contributed by atoms with Crippen molar-refractivity contribution in [2.45, 2.75) is 104 Å². The molecule has 0 aromatic carbocycles. The zero-order valence-corrected chi connectivity index (χ0v) is 17.4. The molecule has 3 rings (SSSR count). The van der Waals surface area contributed by atoms with Gasteiger partial charge in [-0.15, -0.1) is 0 Å². The summed E-state index contributed by atoms with van der Waals surface area (Å²) in [5, 5.41) is 0. The van der Waals surface area contributed by atoms with E-state index < -0.39 is 0 Å². The highest BCUT2D eigenvalue weighted by molar-refractivity contribution is 5.14. The maximum atomic E-state index is 4.64. The molecule has 2 aliphatic rings. The maximum absolute atomic E-state index is 4.64. The summed E-state index contributed by atoms with van der Waals surface area (Å²) in [6.45, 7) is 4.57. The van der Waals surface area contributed by atoms with Crippen molar-refractivity contribution in [2.24, 2.45) is 23.7 Å². The Morgan fingerprint density at radius 3 is 1.73 bits per heavy atom. The minimum absolute atomic E-state index is 0.957. The van der Waals surface area contributed by atoms with Gasteiger partial charge in [0.05, 0.1) is 0 Å². The number of hydrogen-bond acceptors (Lipinski definition) is 1. The lowest BCUT2D eigenvalue weighted by Gasteiger charge is -2.31. The van der Waals surface area contributed by atoms with Crippen LogP contribution >= 0.6 is 0 Å². The molecule has 0 amide bonds. The Hall–Kier alpha value is -0.850. The van der Waals surface area contributed by atoms with Crippen molar-refractivity contribution in [1.29, 1.82) is 0 Å². The molecule has 0 unspecified atom stereocenters. The predicted octanol–water partition coefficient (Wildman–Crippen LogP) is 7.38. The third-order valence-corrected chi connectivity index (χ3v) is 7.60. The second-order valence-electron chi connectivity index (χ2n) is 9.31. The molecule has 0 bridgehead atoms. The molecule has 0 saturated heterocycles. The molecule has 1 heteroatoms. The first-order valence-corrected chi connectivity index (χ1v) is 11.7. The second-order valence-corrected chi connectivity index (χ2v) is 9.31. The highest BCUT2D eigenvalue weighted by atomic mass is 14.7. The Bertz CT molecular complexity index is 489. The van der Waals surface area contributed by atoms with Crippen molar-refractivity contribution >= 4 is 0 Å². The normalized spacial score (nSPS) is 29.6. The fourth-order valence-electron chi connectivity index (χ4n) is 5.37. The van der Waals surface area contributed by atoms with Gasteiger partial charge in [-0.3, -0.25) is 4.98 Å². The van der Waals surface area contributed by atoms with Crippen LogP contribution in [0.5, 0.6) is 0 Å². The van der Waals surface area contributed by atoms with Crippen molar-refractivity contribution in [3.8, 4) is 0 Å². The smallest absolute Gasteiger partial charge is 0.0403 e. The van der Waals surface area contributed by atoms with Crippen LogP contribution in [0.3, 0.4) is 0 Å². The molecular formula is C25H41N. The number of pyridine rings is 1. The summed E-state index contributed by atoms with van der Waals surface area (Å²) in [7, 11) is 0. The second kappa shape index (κ2) is 10.5. The topological polar surface area (TPSA) is 12.9 Å². The van der Waals surface area contributed by atoms with Gasteiger partial charge >= 0.3 is 0 Å². The van der Waals surface area contributed by atoms with Gasteiger partial charge in [-0.1, -0.05) is 90.5 Å². The number of aryl methyl sites for hydroxylation is 2. The Kier molecular flexibility index (Phi) is 8.02. The molecule has 0 N–H and O–H groups in total. The van der Waals surface area contributed by atoms with Crippen LogP contribution in [-0.2, 0) is 12.8 Å². The highest BCUT2D eigenvalue weighted by Crippen LogP contribution is 2.38. The van der Waals surface area contributed by atoms with Gasteiger partial charge in [0.25, 0.3) is 0 Å². The summed E-state index contributed by atoms with van der Waals surface area (Å²) in [6.07, 6.45) is 22.2. The SMILES string of the molecule is CCc1ccc(CC[C@H]2CC[C@H](CC[C@H]3CC[C@H](CC)CC3)CC2)nc1. The first-order valence-electron chi connectivity index (χ1n) is 11.7. The van der Waals surface area contributed by atoms with Crippen LogP contribution in [0.2, 0.25) is 0 Å². The predicted molar refractivity (Wildman–Crippen MR) is 112 cm³/mol. The van der Waals surface area contributed by atoms with Crippen molar-refractivity contribution in [3.05, 3.63) is 29.6 Å². The van der Waals surface area contributed by atoms with Crippen molar-refractivity contribution < 1.29 is 0 Å². The molecule has 2 fully saturated rings. The molecule has 2 aliphatic carbocycles. The van der Waals surface area contributed by atoms with Gasteiger partial charge in [-0.25, -0.2) is 0 Å². The summed E-state index contributed by atoms with van der Waals surface area (Å²) in [5.41, 5.74) is 2.66. The fraction of sp³-hybridized carbons (Fsp3) is 0.800. The molecule has 1 nitrogen and oxygen atoms in total. The molecule has 0 radical (unpaired) electrons. The van der Waals surface area contributed by atoms with Crippen LogP contribution in [0.25, 0.3) is 0 Å². The van der Waals surface area contributed by atoms with Crippen LogP contribution in [0.1, 0.15) is 102 Å². The molecule has 2 saturated carbocycles. The van der Waals surface area contributed by atoms with Gasteiger partial charge in [0.2, 0.25) is 0 Å². The molecule has 1 heterocycles. The molecule has 0 spiro atoms. The Labute approximate surface area is 162 Å². The molecule has 0 atom stereocenters. The quantitative estimate of drug-likeness (QED) is 0.474. The number of rotatable bonds is 8. The molecule has 1 aromatic rings. The molecule has 1 aromatic heterocycles. The Morgan fingerprint density at radius 2 is 1.27 bits per heavy atom. The van der Waals surface area contributed by atoms with Crippen molar-refractivity contribution in [2.75, 3.05) is 0 Å². The van der Waals surface area contributed by atoms with E-state index in [4.69, 9.17) is 0 Å². The lowest BCUT2D eigenvalue weighted by Crippen LogP contribution is -2.18. The van der Waals surface area contributed by atoms with Gasteiger partial charge in [0.1, 0.15) is 0 Å². The van der Waals surface area contributed by atoms with Crippen LogP contribution in [-0.4, -0.2) is 4.98 Å². The monoisotopic (exact) mass is 355 g/mol. The van der Waals surface area contributed by atoms with Crippen LogP contribution in [0.15, 0.2) is 18.3 Å². The van der Waals surface area contributed by atoms with E-state index in [2.05, 4.69) is 37.2 Å². The van der Waals surface area contributed by atoms with E-state index in [9.17, 15) is 0 Å². The first-order chi connectivity index (χ1) is 12.8. The largest absolute Gasteiger partial charge is 0.261 e. The average Bonchev–Trinajstić information content (AvgIpc) is 2.72. The van der Waals surface area contributed by atoms with Crippen LogP contribution in [0.4, 0.5) is 0 Å². The summed E-state index contributed by atoms with van der Waals surface area (Å²) >= 11 is 0. The van der Waals surface area contributed by atoms with E-state index >= 15 is 0 Å². The highest BCUT2D eigenvalue weighted by Gasteiger charge is 2.24. The van der Waals surface area contributed by atoms with Crippen molar-refractivity contribution in [1.82, 2.24) is 4.98 Å². The van der Waals surface area contributed by atoms with Crippen molar-refractivity contribution in [3.63, 3.8) is 0 Å². The number of aromatic nitrogens is 1. The minimum atomic E-state index is 0.957. The van der Waals surface area contributed by atoms with Crippen LogP contribution in [0, 0.1) is 23.7 Å². The third-order valence-electron chi connectivity index (χ3n) is 7.60. The van der Waals surface area contributed by atoms with E-state index in [0.717, 1.165) is 30.1 Å². The summed E-state index contributed by atoms with van der Waals surface area (Å²) in [5.74, 6) is 4.11. The van der Waals surface area contributed by atoms with E-state index in [1.165, 1.54) is 94.7 Å². The number of nitrogens with zero attached hydrogens (tertiary/aromatic N) is 1. The average molecular weight is 356 g/mol. The van der Waals surface area contributed by atoms with Gasteiger partial charge in [0, 0.05) is 11.9 Å². The van der Waals surface area contributed by atoms with Gasteiger partial charge in [0.15, 0.2) is 0 Å². The van der Waals surface area contributed by atoms with E-state index in [1.807, 2.05) is 0 Å². The Morgan fingerprint density at radius 1 is 0.731 bits per heavy atom. The Balaban J connectivity index is 1.29. The standard InChI is InChI=1S/C25H41N/c1-3-20-5-7-22(8-6-20)9-10-23-11-13-24(14-12-23)16-18-25-17-15-21(4-2)19-26-25/h15,17,19-20,22-24H,3-14,16,18H2,1-2H3/t20-,22-,23-,24-. The zero-order valence-electron chi connectivity index (χ0n) is 17.4. The lowest BCUT2D eigenvalue weighted by atomic mass is 9.74. The molecule has 0 aliphatic heterocycles.